The van der Waals surface area contributed by atoms with Gasteiger partial charge >= 0.3 is 6.09 Å². The van der Waals surface area contributed by atoms with Crippen LogP contribution in [-0.4, -0.2) is 58.7 Å². The van der Waals surface area contributed by atoms with Crippen molar-refractivity contribution in [3.05, 3.63) is 26.9 Å². The molecule has 1 fully saturated rings. The van der Waals surface area contributed by atoms with E-state index in [0.29, 0.717) is 6.42 Å². The van der Waals surface area contributed by atoms with Gasteiger partial charge in [-0.15, -0.1) is 0 Å². The molecule has 0 aliphatic carbocycles. The summed E-state index contributed by atoms with van der Waals surface area (Å²) in [6, 6.07) is 0.440. The lowest BCUT2D eigenvalue weighted by molar-refractivity contribution is 0.0213. The fourth-order valence-corrected chi connectivity index (χ4v) is 3.67. The minimum atomic E-state index is -1.02. The Bertz CT molecular complexity index is 717. The van der Waals surface area contributed by atoms with Crippen molar-refractivity contribution in [3.8, 4) is 5.75 Å². The number of carboxylic acid groups (broad SMARTS) is 1. The Kier molecular flexibility index (Phi) is 4.61. The summed E-state index contributed by atoms with van der Waals surface area (Å²) in [7, 11) is 0. The SMILES string of the molecule is C[C@@H]1CN2C(=O)c3cc(F)c(Br)c(Cl)c3OCC[C@H]2CN1C(=O)O. The molecule has 2 heterocycles. The van der Waals surface area contributed by atoms with Crippen LogP contribution in [0.3, 0.4) is 0 Å². The molecule has 0 saturated carbocycles. The maximum Gasteiger partial charge on any atom is 0.407 e. The Morgan fingerprint density at radius 3 is 2.88 bits per heavy atom. The van der Waals surface area contributed by atoms with Crippen LogP contribution >= 0.6 is 27.5 Å². The van der Waals surface area contributed by atoms with Crippen molar-refractivity contribution in [1.29, 1.82) is 0 Å². The number of amides is 2. The lowest BCUT2D eigenvalue weighted by Gasteiger charge is -2.45. The zero-order valence-corrected chi connectivity index (χ0v) is 15.1. The van der Waals surface area contributed by atoms with Gasteiger partial charge in [0, 0.05) is 25.6 Å². The zero-order valence-electron chi connectivity index (χ0n) is 12.8. The molecule has 130 valence electrons. The predicted octanol–water partition coefficient (Wildman–Crippen LogP) is 3.22. The third kappa shape index (κ3) is 2.82. The average Bonchev–Trinajstić information content (AvgIpc) is 2.53. The van der Waals surface area contributed by atoms with Gasteiger partial charge in [0.15, 0.2) is 5.75 Å². The first kappa shape index (κ1) is 17.3. The predicted molar refractivity (Wildman–Crippen MR) is 88.2 cm³/mol. The van der Waals surface area contributed by atoms with Crippen LogP contribution in [0.5, 0.6) is 5.75 Å². The minimum Gasteiger partial charge on any atom is -0.491 e. The molecule has 3 rings (SSSR count). The Balaban J connectivity index is 2.00. The van der Waals surface area contributed by atoms with Gasteiger partial charge < -0.3 is 19.6 Å². The summed E-state index contributed by atoms with van der Waals surface area (Å²) in [5, 5.41) is 9.29. The number of nitrogens with zero attached hydrogens (tertiary/aromatic N) is 2. The standard InChI is InChI=1S/C15H15BrClFN2O4/c1-7-5-20-8(6-19(7)15(22)23)2-3-24-13-9(14(20)21)4-10(18)11(16)12(13)17/h4,7-8H,2-3,5-6H2,1H3,(H,22,23)/t7-,8+/m1/s1. The van der Waals surface area contributed by atoms with E-state index >= 15 is 0 Å². The Morgan fingerprint density at radius 1 is 1.50 bits per heavy atom. The molecule has 1 aromatic rings. The number of benzene rings is 1. The third-order valence-corrected chi connectivity index (χ3v) is 5.76. The number of halogens is 3. The van der Waals surface area contributed by atoms with Crippen molar-refractivity contribution < 1.29 is 23.8 Å². The molecular formula is C15H15BrClFN2O4. The second kappa shape index (κ2) is 6.40. The molecule has 6 nitrogen and oxygen atoms in total. The Hall–Kier alpha value is -1.54. The second-order valence-corrected chi connectivity index (χ2v) is 7.07. The highest BCUT2D eigenvalue weighted by Gasteiger charge is 2.39. The number of carbonyl (C=O) groups is 2. The fourth-order valence-electron chi connectivity index (χ4n) is 3.13. The van der Waals surface area contributed by atoms with E-state index in [0.717, 1.165) is 6.07 Å². The monoisotopic (exact) mass is 420 g/mol. The molecule has 0 unspecified atom stereocenters. The molecule has 0 bridgehead atoms. The first-order valence-corrected chi connectivity index (χ1v) is 8.59. The summed E-state index contributed by atoms with van der Waals surface area (Å²) < 4.78 is 19.6. The molecule has 2 aliphatic heterocycles. The van der Waals surface area contributed by atoms with Gasteiger partial charge in [-0.25, -0.2) is 9.18 Å². The zero-order chi connectivity index (χ0) is 17.6. The van der Waals surface area contributed by atoms with Crippen molar-refractivity contribution in [2.24, 2.45) is 0 Å². The molecule has 1 saturated heterocycles. The molecule has 0 aromatic heterocycles. The molecule has 2 amide bonds. The number of piperazine rings is 1. The van der Waals surface area contributed by atoms with Crippen LogP contribution in [0, 0.1) is 5.82 Å². The lowest BCUT2D eigenvalue weighted by atomic mass is 10.0. The smallest absolute Gasteiger partial charge is 0.407 e. The van der Waals surface area contributed by atoms with Crippen molar-refractivity contribution in [2.45, 2.75) is 25.4 Å². The lowest BCUT2D eigenvalue weighted by Crippen LogP contribution is -2.60. The van der Waals surface area contributed by atoms with E-state index < -0.39 is 17.8 Å². The highest BCUT2D eigenvalue weighted by molar-refractivity contribution is 9.10. The number of hydrogen-bond donors (Lipinski definition) is 1. The number of hydrogen-bond acceptors (Lipinski definition) is 3. The van der Waals surface area contributed by atoms with E-state index in [9.17, 15) is 19.1 Å². The van der Waals surface area contributed by atoms with Gasteiger partial charge in [0.25, 0.3) is 5.91 Å². The van der Waals surface area contributed by atoms with Crippen LogP contribution in [0.15, 0.2) is 10.5 Å². The molecular weight excluding hydrogens is 407 g/mol. The van der Waals surface area contributed by atoms with Crippen molar-refractivity contribution in [3.63, 3.8) is 0 Å². The first-order chi connectivity index (χ1) is 11.3. The van der Waals surface area contributed by atoms with Crippen LogP contribution in [0.4, 0.5) is 9.18 Å². The molecule has 1 aromatic carbocycles. The summed E-state index contributed by atoms with van der Waals surface area (Å²) >= 11 is 9.15. The van der Waals surface area contributed by atoms with Crippen molar-refractivity contribution in [1.82, 2.24) is 9.80 Å². The summed E-state index contributed by atoms with van der Waals surface area (Å²) in [4.78, 5) is 27.1. The van der Waals surface area contributed by atoms with E-state index in [1.54, 1.807) is 11.8 Å². The molecule has 2 atom stereocenters. The molecule has 9 heteroatoms. The number of carbonyl (C=O) groups excluding carboxylic acids is 1. The number of fused-ring (bicyclic) bond motifs is 2. The summed E-state index contributed by atoms with van der Waals surface area (Å²) in [5.74, 6) is -0.897. The van der Waals surface area contributed by atoms with Crippen molar-refractivity contribution in [2.75, 3.05) is 19.7 Å². The van der Waals surface area contributed by atoms with E-state index in [4.69, 9.17) is 16.3 Å². The van der Waals surface area contributed by atoms with Gasteiger partial charge in [0.2, 0.25) is 0 Å². The molecule has 24 heavy (non-hydrogen) atoms. The minimum absolute atomic E-state index is 0.0222. The van der Waals surface area contributed by atoms with Gasteiger partial charge in [-0.05, 0) is 28.9 Å². The van der Waals surface area contributed by atoms with Gasteiger partial charge in [0.1, 0.15) is 10.8 Å². The second-order valence-electron chi connectivity index (χ2n) is 5.90. The molecule has 0 spiro atoms. The molecule has 2 aliphatic rings. The molecule has 0 radical (unpaired) electrons. The van der Waals surface area contributed by atoms with Crippen LogP contribution in [0.1, 0.15) is 23.7 Å². The van der Waals surface area contributed by atoms with Crippen LogP contribution in [-0.2, 0) is 0 Å². The van der Waals surface area contributed by atoms with Crippen molar-refractivity contribution >= 4 is 39.5 Å². The van der Waals surface area contributed by atoms with Gasteiger partial charge in [0.05, 0.1) is 22.7 Å². The highest BCUT2D eigenvalue weighted by atomic mass is 79.9. The average molecular weight is 422 g/mol. The third-order valence-electron chi connectivity index (χ3n) is 4.39. The summed E-state index contributed by atoms with van der Waals surface area (Å²) in [6.45, 7) is 2.43. The normalized spacial score (nSPS) is 23.8. The summed E-state index contributed by atoms with van der Waals surface area (Å²) in [6.07, 6.45) is -0.552. The van der Waals surface area contributed by atoms with Crippen LogP contribution in [0.2, 0.25) is 5.02 Å². The number of rotatable bonds is 0. The largest absolute Gasteiger partial charge is 0.491 e. The maximum atomic E-state index is 14.0. The Labute approximate surface area is 151 Å². The van der Waals surface area contributed by atoms with Crippen LogP contribution < -0.4 is 4.74 Å². The fraction of sp³-hybridized carbons (Fsp3) is 0.467. The first-order valence-electron chi connectivity index (χ1n) is 7.42. The topological polar surface area (TPSA) is 70.1 Å². The van der Waals surface area contributed by atoms with E-state index in [1.165, 1.54) is 4.90 Å². The van der Waals surface area contributed by atoms with Gasteiger partial charge in [-0.1, -0.05) is 11.6 Å². The van der Waals surface area contributed by atoms with E-state index in [2.05, 4.69) is 15.9 Å². The summed E-state index contributed by atoms with van der Waals surface area (Å²) in [5.41, 5.74) is 0.0568. The Morgan fingerprint density at radius 2 is 2.21 bits per heavy atom. The van der Waals surface area contributed by atoms with E-state index in [-0.39, 0.29) is 52.6 Å². The van der Waals surface area contributed by atoms with Crippen LogP contribution in [0.25, 0.3) is 0 Å². The molecule has 1 N–H and O–H groups in total. The highest BCUT2D eigenvalue weighted by Crippen LogP contribution is 2.39. The van der Waals surface area contributed by atoms with Gasteiger partial charge in [-0.3, -0.25) is 4.79 Å². The quantitative estimate of drug-likeness (QED) is 0.653. The maximum absolute atomic E-state index is 14.0. The number of ether oxygens (including phenoxy) is 1. The van der Waals surface area contributed by atoms with Gasteiger partial charge in [-0.2, -0.15) is 0 Å². The van der Waals surface area contributed by atoms with E-state index in [1.807, 2.05) is 0 Å².